The van der Waals surface area contributed by atoms with Gasteiger partial charge in [0, 0.05) is 17.3 Å². The molecule has 0 spiro atoms. The first kappa shape index (κ1) is 15.4. The summed E-state index contributed by atoms with van der Waals surface area (Å²) < 4.78 is 1.94. The summed E-state index contributed by atoms with van der Waals surface area (Å²) in [4.78, 5) is 4.42. The van der Waals surface area contributed by atoms with Crippen LogP contribution in [0.3, 0.4) is 0 Å². The molecule has 4 rings (SSSR count). The molecule has 2 heterocycles. The zero-order valence-corrected chi connectivity index (χ0v) is 14.3. The van der Waals surface area contributed by atoms with Crippen LogP contribution >= 0.6 is 0 Å². The highest BCUT2D eigenvalue weighted by molar-refractivity contribution is 6.04. The molecule has 1 aromatic heterocycles. The van der Waals surface area contributed by atoms with E-state index in [4.69, 9.17) is 0 Å². The fraction of sp³-hybridized carbons (Fsp3) is 0.143. The molecular formula is C21H19N4+. The Morgan fingerprint density at radius 3 is 2.44 bits per heavy atom. The molecule has 122 valence electrons. The van der Waals surface area contributed by atoms with E-state index in [9.17, 15) is 0 Å². The van der Waals surface area contributed by atoms with E-state index in [-0.39, 0.29) is 0 Å². The zero-order valence-electron chi connectivity index (χ0n) is 14.3. The van der Waals surface area contributed by atoms with Crippen molar-refractivity contribution in [2.45, 2.75) is 13.8 Å². The van der Waals surface area contributed by atoms with Crippen molar-refractivity contribution in [3.63, 3.8) is 0 Å². The van der Waals surface area contributed by atoms with Gasteiger partial charge in [-0.15, -0.1) is 4.70 Å². The van der Waals surface area contributed by atoms with Crippen LogP contribution in [0.25, 0.3) is 11.3 Å². The van der Waals surface area contributed by atoms with Crippen molar-refractivity contribution < 1.29 is 4.70 Å². The highest BCUT2D eigenvalue weighted by atomic mass is 15.5. The van der Waals surface area contributed by atoms with Gasteiger partial charge in [0.15, 0.2) is 12.2 Å². The van der Waals surface area contributed by atoms with Crippen LogP contribution < -0.4 is 0 Å². The lowest BCUT2D eigenvalue weighted by Gasteiger charge is -2.06. The number of benzene rings is 2. The summed E-state index contributed by atoms with van der Waals surface area (Å²) in [6.45, 7) is 4.92. The van der Waals surface area contributed by atoms with Gasteiger partial charge in [-0.05, 0) is 49.2 Å². The number of aromatic nitrogens is 1. The molecule has 0 unspecified atom stereocenters. The Morgan fingerprint density at radius 1 is 0.880 bits per heavy atom. The standard InChI is InChI=1S/C21H19N4/c1-15-7-5-8-16(2)21(15)20-14-25(24-23-20)18-10-6-9-17(13-18)19-11-3-4-12-22-19/h3-13H,14H2,1-2H3/q+1. The molecule has 0 N–H and O–H groups in total. The van der Waals surface area contributed by atoms with E-state index in [0.717, 1.165) is 22.7 Å². The van der Waals surface area contributed by atoms with E-state index in [1.165, 1.54) is 16.7 Å². The predicted octanol–water partition coefficient (Wildman–Crippen LogP) is 4.88. The minimum absolute atomic E-state index is 0.678. The number of rotatable bonds is 3. The van der Waals surface area contributed by atoms with Gasteiger partial charge < -0.3 is 0 Å². The van der Waals surface area contributed by atoms with E-state index in [1.54, 1.807) is 0 Å². The molecule has 0 saturated heterocycles. The summed E-state index contributed by atoms with van der Waals surface area (Å²) in [6.07, 6.45) is 1.81. The molecule has 2 aromatic carbocycles. The van der Waals surface area contributed by atoms with Gasteiger partial charge >= 0.3 is 0 Å². The third-order valence-electron chi connectivity index (χ3n) is 4.45. The van der Waals surface area contributed by atoms with Crippen LogP contribution in [0, 0.1) is 13.8 Å². The van der Waals surface area contributed by atoms with Crippen LogP contribution in [-0.4, -0.2) is 21.9 Å². The van der Waals surface area contributed by atoms with E-state index in [0.29, 0.717) is 6.54 Å². The smallest absolute Gasteiger partial charge is 0.231 e. The largest absolute Gasteiger partial charge is 0.256 e. The number of nitrogens with zero attached hydrogens (tertiary/aromatic N) is 4. The highest BCUT2D eigenvalue weighted by Gasteiger charge is 2.26. The van der Waals surface area contributed by atoms with Crippen molar-refractivity contribution >= 4 is 11.4 Å². The van der Waals surface area contributed by atoms with Gasteiger partial charge in [0.2, 0.25) is 5.71 Å². The third kappa shape index (κ3) is 2.98. The Morgan fingerprint density at radius 2 is 1.68 bits per heavy atom. The molecular weight excluding hydrogens is 308 g/mol. The van der Waals surface area contributed by atoms with E-state index in [1.807, 2.05) is 35.2 Å². The van der Waals surface area contributed by atoms with Gasteiger partial charge in [-0.25, -0.2) is 0 Å². The summed E-state index contributed by atoms with van der Waals surface area (Å²) in [5, 5.41) is 8.82. The summed E-state index contributed by atoms with van der Waals surface area (Å²) in [7, 11) is 0. The second kappa shape index (κ2) is 6.40. The highest BCUT2D eigenvalue weighted by Crippen LogP contribution is 2.25. The number of pyridine rings is 1. The van der Waals surface area contributed by atoms with Gasteiger partial charge in [-0.3, -0.25) is 4.98 Å². The molecule has 1 aliphatic heterocycles. The van der Waals surface area contributed by atoms with Crippen LogP contribution in [0.2, 0.25) is 0 Å². The molecule has 3 aromatic rings. The number of aryl methyl sites for hydroxylation is 2. The molecule has 0 bridgehead atoms. The second-order valence-electron chi connectivity index (χ2n) is 6.23. The summed E-state index contributed by atoms with van der Waals surface area (Å²) in [6, 6.07) is 20.5. The maximum Gasteiger partial charge on any atom is 0.231 e. The van der Waals surface area contributed by atoms with Crippen molar-refractivity contribution in [1.29, 1.82) is 0 Å². The Bertz CT molecular complexity index is 968. The van der Waals surface area contributed by atoms with Crippen LogP contribution in [-0.2, 0) is 0 Å². The summed E-state index contributed by atoms with van der Waals surface area (Å²) in [5.41, 5.74) is 7.74. The van der Waals surface area contributed by atoms with Crippen LogP contribution in [0.15, 0.2) is 77.2 Å². The summed E-state index contributed by atoms with van der Waals surface area (Å²) >= 11 is 0. The molecule has 0 amide bonds. The normalized spacial score (nSPS) is 13.5. The second-order valence-corrected chi connectivity index (χ2v) is 6.23. The maximum absolute atomic E-state index is 4.44. The van der Waals surface area contributed by atoms with Gasteiger partial charge in [0.25, 0.3) is 0 Å². The molecule has 4 heteroatoms. The lowest BCUT2D eigenvalue weighted by molar-refractivity contribution is -0.492. The molecule has 4 nitrogen and oxygen atoms in total. The SMILES string of the molecule is Cc1cccc(C)c1C1=NN=[N+](c2cccc(-c3ccccn3)c2)C1. The molecule has 0 radical (unpaired) electrons. The minimum atomic E-state index is 0.678. The summed E-state index contributed by atoms with van der Waals surface area (Å²) in [5.74, 6) is 0. The van der Waals surface area contributed by atoms with Crippen LogP contribution in [0.5, 0.6) is 0 Å². The van der Waals surface area contributed by atoms with Gasteiger partial charge in [-0.2, -0.15) is 0 Å². The Balaban J connectivity index is 1.62. The molecule has 0 aliphatic carbocycles. The fourth-order valence-electron chi connectivity index (χ4n) is 3.21. The Kier molecular flexibility index (Phi) is 3.94. The lowest BCUT2D eigenvalue weighted by Crippen LogP contribution is -2.14. The topological polar surface area (TPSA) is 40.6 Å². The van der Waals surface area contributed by atoms with Crippen molar-refractivity contribution in [2.24, 2.45) is 10.3 Å². The van der Waals surface area contributed by atoms with Crippen molar-refractivity contribution in [2.75, 3.05) is 6.54 Å². The van der Waals surface area contributed by atoms with Gasteiger partial charge in [-0.1, -0.05) is 36.4 Å². The Labute approximate surface area is 147 Å². The number of hydrogen-bond donors (Lipinski definition) is 0. The van der Waals surface area contributed by atoms with Gasteiger partial charge in [0.1, 0.15) is 5.22 Å². The first-order valence-electron chi connectivity index (χ1n) is 8.35. The predicted molar refractivity (Wildman–Crippen MR) is 99.3 cm³/mol. The average Bonchev–Trinajstić information content (AvgIpc) is 3.12. The minimum Gasteiger partial charge on any atom is -0.256 e. The third-order valence-corrected chi connectivity index (χ3v) is 4.45. The first-order chi connectivity index (χ1) is 12.2. The van der Waals surface area contributed by atoms with E-state index in [2.05, 4.69) is 65.6 Å². The average molecular weight is 327 g/mol. The quantitative estimate of drug-likeness (QED) is 0.632. The molecule has 0 atom stereocenters. The van der Waals surface area contributed by atoms with Crippen molar-refractivity contribution in [3.8, 4) is 11.3 Å². The van der Waals surface area contributed by atoms with E-state index < -0.39 is 0 Å². The van der Waals surface area contributed by atoms with Crippen LogP contribution in [0.1, 0.15) is 16.7 Å². The number of hydrogen-bond acceptors (Lipinski definition) is 3. The molecule has 25 heavy (non-hydrogen) atoms. The van der Waals surface area contributed by atoms with Crippen molar-refractivity contribution in [1.82, 2.24) is 4.98 Å². The molecule has 1 aliphatic rings. The monoisotopic (exact) mass is 327 g/mol. The van der Waals surface area contributed by atoms with Crippen LogP contribution in [0.4, 0.5) is 5.69 Å². The van der Waals surface area contributed by atoms with Crippen molar-refractivity contribution in [3.05, 3.63) is 83.6 Å². The Hall–Kier alpha value is -3.14. The molecule has 0 saturated carbocycles. The molecule has 0 fully saturated rings. The fourth-order valence-corrected chi connectivity index (χ4v) is 3.21. The first-order valence-corrected chi connectivity index (χ1v) is 8.35. The van der Waals surface area contributed by atoms with Gasteiger partial charge in [0.05, 0.1) is 10.8 Å². The van der Waals surface area contributed by atoms with E-state index >= 15 is 0 Å². The maximum atomic E-state index is 4.44. The zero-order chi connectivity index (χ0) is 17.2. The lowest BCUT2D eigenvalue weighted by atomic mass is 9.98.